The SMILES string of the molecule is CCC(=NOC)[C@@H]1[C@@H]2CCC(C[C@H]1OC(c1ccc(F)cc1)c1ccc(F)cc1)S2. The van der Waals surface area contributed by atoms with E-state index in [1.165, 1.54) is 30.7 Å². The van der Waals surface area contributed by atoms with E-state index in [0.717, 1.165) is 36.1 Å². The van der Waals surface area contributed by atoms with Crippen LogP contribution in [0.15, 0.2) is 53.7 Å². The van der Waals surface area contributed by atoms with E-state index in [2.05, 4.69) is 12.1 Å². The number of hydrogen-bond donors (Lipinski definition) is 0. The van der Waals surface area contributed by atoms with Crippen molar-refractivity contribution in [2.45, 2.75) is 55.3 Å². The quantitative estimate of drug-likeness (QED) is 0.390. The maximum atomic E-state index is 13.6. The van der Waals surface area contributed by atoms with Gasteiger partial charge in [0.2, 0.25) is 0 Å². The van der Waals surface area contributed by atoms with Gasteiger partial charge in [0.05, 0.1) is 11.8 Å². The van der Waals surface area contributed by atoms with Crippen molar-refractivity contribution in [3.8, 4) is 0 Å². The van der Waals surface area contributed by atoms with E-state index < -0.39 is 6.10 Å². The van der Waals surface area contributed by atoms with Gasteiger partial charge < -0.3 is 9.57 Å². The van der Waals surface area contributed by atoms with E-state index in [0.29, 0.717) is 10.5 Å². The van der Waals surface area contributed by atoms with Crippen LogP contribution in [-0.4, -0.2) is 29.4 Å². The van der Waals surface area contributed by atoms with E-state index in [1.54, 1.807) is 31.4 Å². The van der Waals surface area contributed by atoms with Gasteiger partial charge in [-0.25, -0.2) is 8.78 Å². The van der Waals surface area contributed by atoms with Crippen molar-refractivity contribution in [2.75, 3.05) is 7.11 Å². The van der Waals surface area contributed by atoms with Gasteiger partial charge in [0.1, 0.15) is 24.8 Å². The van der Waals surface area contributed by atoms with Crippen LogP contribution in [0.2, 0.25) is 0 Å². The Labute approximate surface area is 180 Å². The van der Waals surface area contributed by atoms with Crippen LogP contribution in [0.3, 0.4) is 0 Å². The average molecular weight is 432 g/mol. The molecule has 0 radical (unpaired) electrons. The first-order valence-electron chi connectivity index (χ1n) is 10.5. The molecule has 2 saturated heterocycles. The standard InChI is InChI=1S/C24H27F2NO2S/c1-3-20(27-28-2)23-21(14-19-12-13-22(23)30-19)29-24(15-4-8-17(25)9-5-15)16-6-10-18(26)11-7-16/h4-11,19,21-24H,3,12-14H2,1-2H3/t19?,21-,22+,23+/m1/s1. The van der Waals surface area contributed by atoms with Crippen molar-refractivity contribution in [3.05, 3.63) is 71.3 Å². The molecule has 2 aromatic carbocycles. The molecule has 1 unspecified atom stereocenters. The van der Waals surface area contributed by atoms with Crippen LogP contribution < -0.4 is 0 Å². The molecular weight excluding hydrogens is 404 g/mol. The van der Waals surface area contributed by atoms with Crippen molar-refractivity contribution < 1.29 is 18.4 Å². The first-order valence-corrected chi connectivity index (χ1v) is 11.4. The number of fused-ring (bicyclic) bond motifs is 2. The minimum absolute atomic E-state index is 0.0299. The minimum Gasteiger partial charge on any atom is -0.399 e. The third-order valence-electron chi connectivity index (χ3n) is 6.05. The number of oxime groups is 1. The van der Waals surface area contributed by atoms with E-state index in [-0.39, 0.29) is 23.7 Å². The number of ether oxygens (including phenoxy) is 1. The van der Waals surface area contributed by atoms with Crippen molar-refractivity contribution in [2.24, 2.45) is 11.1 Å². The summed E-state index contributed by atoms with van der Waals surface area (Å²) >= 11 is 2.04. The second-order valence-corrected chi connectivity index (χ2v) is 9.46. The maximum absolute atomic E-state index is 13.6. The van der Waals surface area contributed by atoms with Gasteiger partial charge in [-0.3, -0.25) is 0 Å². The van der Waals surface area contributed by atoms with Gasteiger partial charge in [-0.05, 0) is 61.1 Å². The Balaban J connectivity index is 1.68. The zero-order valence-electron chi connectivity index (χ0n) is 17.3. The highest BCUT2D eigenvalue weighted by molar-refractivity contribution is 8.00. The second-order valence-electron chi connectivity index (χ2n) is 7.91. The predicted octanol–water partition coefficient (Wildman–Crippen LogP) is 6.14. The second kappa shape index (κ2) is 9.48. The van der Waals surface area contributed by atoms with Gasteiger partial charge in [0, 0.05) is 16.4 Å². The molecule has 0 N–H and O–H groups in total. The molecule has 0 amide bonds. The molecule has 0 saturated carbocycles. The summed E-state index contributed by atoms with van der Waals surface area (Å²) in [6.45, 7) is 2.10. The summed E-state index contributed by atoms with van der Waals surface area (Å²) in [5, 5.41) is 5.38. The lowest BCUT2D eigenvalue weighted by molar-refractivity contribution is -0.0163. The summed E-state index contributed by atoms with van der Waals surface area (Å²) < 4.78 is 33.9. The summed E-state index contributed by atoms with van der Waals surface area (Å²) in [5.41, 5.74) is 2.74. The summed E-state index contributed by atoms with van der Waals surface area (Å²) in [6, 6.07) is 12.7. The summed E-state index contributed by atoms with van der Waals surface area (Å²) in [7, 11) is 1.58. The van der Waals surface area contributed by atoms with E-state index in [9.17, 15) is 8.78 Å². The van der Waals surface area contributed by atoms with Crippen LogP contribution in [0.5, 0.6) is 0 Å². The Morgan fingerprint density at radius 3 is 2.17 bits per heavy atom. The van der Waals surface area contributed by atoms with Gasteiger partial charge in [-0.2, -0.15) is 11.8 Å². The number of hydrogen-bond acceptors (Lipinski definition) is 4. The van der Waals surface area contributed by atoms with Gasteiger partial charge in [0.15, 0.2) is 0 Å². The molecule has 2 heterocycles. The van der Waals surface area contributed by atoms with Crippen LogP contribution in [0.25, 0.3) is 0 Å². The lowest BCUT2D eigenvalue weighted by Crippen LogP contribution is -2.41. The molecule has 2 aromatic rings. The number of benzene rings is 2. The lowest BCUT2D eigenvalue weighted by Gasteiger charge is -2.38. The Hall–Kier alpha value is -1.92. The number of nitrogens with zero attached hydrogens (tertiary/aromatic N) is 1. The van der Waals surface area contributed by atoms with E-state index in [4.69, 9.17) is 9.57 Å². The first kappa shape index (κ1) is 21.3. The molecule has 3 nitrogen and oxygen atoms in total. The van der Waals surface area contributed by atoms with Gasteiger partial charge in [-0.1, -0.05) is 36.3 Å². The number of halogens is 2. The Morgan fingerprint density at radius 2 is 1.63 bits per heavy atom. The van der Waals surface area contributed by atoms with Gasteiger partial charge in [-0.15, -0.1) is 0 Å². The highest BCUT2D eigenvalue weighted by Crippen LogP contribution is 2.49. The van der Waals surface area contributed by atoms with Crippen molar-refractivity contribution in [1.82, 2.24) is 0 Å². The Bertz CT molecular complexity index is 826. The highest BCUT2D eigenvalue weighted by Gasteiger charge is 2.46. The normalized spacial score (nSPS) is 26.2. The molecule has 2 aliphatic rings. The van der Waals surface area contributed by atoms with Gasteiger partial charge >= 0.3 is 0 Å². The predicted molar refractivity (Wildman–Crippen MR) is 117 cm³/mol. The molecule has 2 fully saturated rings. The van der Waals surface area contributed by atoms with Crippen molar-refractivity contribution in [3.63, 3.8) is 0 Å². The molecule has 2 bridgehead atoms. The average Bonchev–Trinajstić information content (AvgIpc) is 3.14. The zero-order chi connectivity index (χ0) is 21.1. The number of rotatable bonds is 7. The van der Waals surface area contributed by atoms with Crippen LogP contribution in [-0.2, 0) is 9.57 Å². The third kappa shape index (κ3) is 4.54. The fraction of sp³-hybridized carbons (Fsp3) is 0.458. The van der Waals surface area contributed by atoms with Crippen LogP contribution in [0.1, 0.15) is 49.8 Å². The molecule has 6 heteroatoms. The van der Waals surface area contributed by atoms with E-state index >= 15 is 0 Å². The van der Waals surface area contributed by atoms with Crippen molar-refractivity contribution >= 4 is 17.5 Å². The Kier molecular flexibility index (Phi) is 6.74. The minimum atomic E-state index is -0.401. The molecule has 30 heavy (non-hydrogen) atoms. The fourth-order valence-electron chi connectivity index (χ4n) is 4.66. The summed E-state index contributed by atoms with van der Waals surface area (Å²) in [5.74, 6) is -0.411. The summed E-state index contributed by atoms with van der Waals surface area (Å²) in [6.07, 6.45) is 3.65. The molecule has 4 rings (SSSR count). The fourth-order valence-corrected chi connectivity index (χ4v) is 6.50. The lowest BCUT2D eigenvalue weighted by atomic mass is 9.89. The molecule has 0 aromatic heterocycles. The zero-order valence-corrected chi connectivity index (χ0v) is 18.1. The largest absolute Gasteiger partial charge is 0.399 e. The van der Waals surface area contributed by atoms with Gasteiger partial charge in [0.25, 0.3) is 0 Å². The topological polar surface area (TPSA) is 30.8 Å². The number of thioether (sulfide) groups is 1. The smallest absolute Gasteiger partial charge is 0.123 e. The Morgan fingerprint density at radius 1 is 1.03 bits per heavy atom. The monoisotopic (exact) mass is 431 g/mol. The maximum Gasteiger partial charge on any atom is 0.123 e. The van der Waals surface area contributed by atoms with E-state index in [1.807, 2.05) is 11.8 Å². The van der Waals surface area contributed by atoms with Crippen LogP contribution in [0, 0.1) is 17.6 Å². The molecule has 2 aliphatic heterocycles. The molecule has 0 aliphatic carbocycles. The summed E-state index contributed by atoms with van der Waals surface area (Å²) in [4.78, 5) is 5.14. The van der Waals surface area contributed by atoms with Crippen molar-refractivity contribution in [1.29, 1.82) is 0 Å². The van der Waals surface area contributed by atoms with Crippen LogP contribution in [0.4, 0.5) is 8.78 Å². The van der Waals surface area contributed by atoms with Crippen LogP contribution >= 0.6 is 11.8 Å². The molecule has 160 valence electrons. The third-order valence-corrected chi connectivity index (χ3v) is 7.74. The molecule has 0 spiro atoms. The first-order chi connectivity index (χ1) is 14.6. The molecule has 4 atom stereocenters. The highest BCUT2D eigenvalue weighted by atomic mass is 32.2. The molecular formula is C24H27F2NO2S.